The summed E-state index contributed by atoms with van der Waals surface area (Å²) in [5.41, 5.74) is 0.962. The summed E-state index contributed by atoms with van der Waals surface area (Å²) < 4.78 is 0. The van der Waals surface area contributed by atoms with Crippen molar-refractivity contribution >= 4 is 17.2 Å². The molecule has 0 spiro atoms. The first-order chi connectivity index (χ1) is 9.78. The summed E-state index contributed by atoms with van der Waals surface area (Å²) >= 11 is 1.61. The second-order valence-electron chi connectivity index (χ2n) is 5.21. The first kappa shape index (κ1) is 15.1. The Morgan fingerprint density at radius 2 is 2.25 bits per heavy atom. The fourth-order valence-electron chi connectivity index (χ4n) is 2.49. The van der Waals surface area contributed by atoms with Crippen LogP contribution in [0.1, 0.15) is 49.0 Å². The van der Waals surface area contributed by atoms with Crippen LogP contribution in [-0.4, -0.2) is 17.6 Å². The summed E-state index contributed by atoms with van der Waals surface area (Å²) in [6, 6.07) is 2.00. The lowest BCUT2D eigenvalue weighted by Crippen LogP contribution is -2.24. The Hall–Kier alpha value is -1.31. The number of carbonyl (C=O) groups is 1. The highest BCUT2D eigenvalue weighted by molar-refractivity contribution is 7.10. The zero-order valence-corrected chi connectivity index (χ0v) is 12.5. The van der Waals surface area contributed by atoms with Gasteiger partial charge in [-0.05, 0) is 24.8 Å². The molecule has 0 aromatic carbocycles. The Kier molecular flexibility index (Phi) is 6.10. The van der Waals surface area contributed by atoms with Crippen molar-refractivity contribution in [3.63, 3.8) is 0 Å². The molecule has 1 saturated carbocycles. The molecule has 4 heteroatoms. The van der Waals surface area contributed by atoms with E-state index < -0.39 is 0 Å². The molecule has 108 valence electrons. The molecule has 0 saturated heterocycles. The van der Waals surface area contributed by atoms with Crippen molar-refractivity contribution in [1.29, 1.82) is 0 Å². The third kappa shape index (κ3) is 4.99. The van der Waals surface area contributed by atoms with Gasteiger partial charge in [0.2, 0.25) is 5.91 Å². The molecule has 20 heavy (non-hydrogen) atoms. The highest BCUT2D eigenvalue weighted by Crippen LogP contribution is 2.27. The molecule has 1 aliphatic carbocycles. The zero-order chi connectivity index (χ0) is 14.2. The van der Waals surface area contributed by atoms with Gasteiger partial charge in [-0.15, -0.1) is 11.3 Å². The van der Waals surface area contributed by atoms with Gasteiger partial charge in [0.25, 0.3) is 0 Å². The third-order valence-corrected chi connectivity index (χ3v) is 4.47. The predicted octanol–water partition coefficient (Wildman–Crippen LogP) is 2.68. The van der Waals surface area contributed by atoms with Gasteiger partial charge < -0.3 is 10.4 Å². The van der Waals surface area contributed by atoms with Gasteiger partial charge in [-0.25, -0.2) is 0 Å². The van der Waals surface area contributed by atoms with E-state index in [4.69, 9.17) is 5.11 Å². The van der Waals surface area contributed by atoms with Gasteiger partial charge in [0.1, 0.15) is 0 Å². The molecular formula is C16H21NO2S. The van der Waals surface area contributed by atoms with Gasteiger partial charge in [0.05, 0.1) is 13.2 Å². The molecule has 0 atom stereocenters. The topological polar surface area (TPSA) is 49.3 Å². The van der Waals surface area contributed by atoms with Crippen LogP contribution in [0.15, 0.2) is 11.4 Å². The molecule has 2 N–H and O–H groups in total. The standard InChI is InChI=1S/C16H21NO2S/c18-8-4-3-7-14-9-15(20-12-14)11-17-16(19)10-13-5-1-2-6-13/h9,12-13,18H,1-2,4-6,8,10-11H2,(H,17,19). The molecule has 1 aromatic heterocycles. The largest absolute Gasteiger partial charge is 0.395 e. The van der Waals surface area contributed by atoms with E-state index in [2.05, 4.69) is 17.2 Å². The van der Waals surface area contributed by atoms with Gasteiger partial charge in [0, 0.05) is 28.7 Å². The van der Waals surface area contributed by atoms with E-state index >= 15 is 0 Å². The minimum atomic E-state index is 0.0984. The first-order valence-corrected chi connectivity index (χ1v) is 8.09. The average Bonchev–Trinajstić information content (AvgIpc) is 3.08. The lowest BCUT2D eigenvalue weighted by atomic mass is 10.0. The molecule has 1 fully saturated rings. The minimum Gasteiger partial charge on any atom is -0.395 e. The van der Waals surface area contributed by atoms with E-state index in [1.54, 1.807) is 11.3 Å². The zero-order valence-electron chi connectivity index (χ0n) is 11.7. The van der Waals surface area contributed by atoms with Crippen LogP contribution in [0.4, 0.5) is 0 Å². The monoisotopic (exact) mass is 291 g/mol. The summed E-state index contributed by atoms with van der Waals surface area (Å²) in [5.74, 6) is 6.66. The molecule has 0 aliphatic heterocycles. The molecule has 1 aliphatic rings. The Bertz CT molecular complexity index is 492. The number of aliphatic hydroxyl groups excluding tert-OH is 1. The number of nitrogens with one attached hydrogen (secondary N) is 1. The van der Waals surface area contributed by atoms with Crippen LogP contribution >= 0.6 is 11.3 Å². The number of hydrogen-bond acceptors (Lipinski definition) is 3. The molecule has 1 amide bonds. The van der Waals surface area contributed by atoms with Crippen molar-refractivity contribution in [2.75, 3.05) is 6.61 Å². The van der Waals surface area contributed by atoms with E-state index in [0.717, 1.165) is 10.4 Å². The van der Waals surface area contributed by atoms with E-state index in [-0.39, 0.29) is 12.5 Å². The van der Waals surface area contributed by atoms with Crippen molar-refractivity contribution in [3.05, 3.63) is 21.9 Å². The number of rotatable bonds is 5. The molecular weight excluding hydrogens is 270 g/mol. The summed E-state index contributed by atoms with van der Waals surface area (Å²) in [7, 11) is 0. The average molecular weight is 291 g/mol. The lowest BCUT2D eigenvalue weighted by Gasteiger charge is -2.08. The maximum absolute atomic E-state index is 11.8. The van der Waals surface area contributed by atoms with E-state index in [1.807, 2.05) is 11.4 Å². The van der Waals surface area contributed by atoms with E-state index in [0.29, 0.717) is 25.3 Å². The van der Waals surface area contributed by atoms with Crippen molar-refractivity contribution in [2.45, 2.75) is 45.1 Å². The van der Waals surface area contributed by atoms with Crippen LogP contribution in [-0.2, 0) is 11.3 Å². The SMILES string of the molecule is O=C(CC1CCCC1)NCc1cc(C#CCCO)cs1. The maximum atomic E-state index is 11.8. The van der Waals surface area contributed by atoms with Crippen LogP contribution in [0.3, 0.4) is 0 Å². The molecule has 1 aromatic rings. The number of amides is 1. The molecule has 0 radical (unpaired) electrons. The molecule has 3 nitrogen and oxygen atoms in total. The van der Waals surface area contributed by atoms with Gasteiger partial charge >= 0.3 is 0 Å². The Morgan fingerprint density at radius 1 is 1.45 bits per heavy atom. The maximum Gasteiger partial charge on any atom is 0.220 e. The van der Waals surface area contributed by atoms with Crippen LogP contribution in [0.2, 0.25) is 0 Å². The van der Waals surface area contributed by atoms with Gasteiger partial charge in [-0.2, -0.15) is 0 Å². The Labute approximate surface area is 124 Å². The third-order valence-electron chi connectivity index (χ3n) is 3.53. The van der Waals surface area contributed by atoms with Crippen LogP contribution in [0.5, 0.6) is 0 Å². The summed E-state index contributed by atoms with van der Waals surface area (Å²) in [6.45, 7) is 0.694. The second kappa shape index (κ2) is 8.08. The number of hydrogen-bond donors (Lipinski definition) is 2. The molecule has 0 bridgehead atoms. The summed E-state index contributed by atoms with van der Waals surface area (Å²) in [4.78, 5) is 13.0. The normalized spacial score (nSPS) is 14.8. The fourth-order valence-corrected chi connectivity index (χ4v) is 3.25. The van der Waals surface area contributed by atoms with Crippen molar-refractivity contribution in [3.8, 4) is 11.8 Å². The quantitative estimate of drug-likeness (QED) is 0.819. The fraction of sp³-hybridized carbons (Fsp3) is 0.562. The smallest absolute Gasteiger partial charge is 0.220 e. The van der Waals surface area contributed by atoms with Gasteiger partial charge in [-0.3, -0.25) is 4.79 Å². The number of carbonyl (C=O) groups excluding carboxylic acids is 1. The highest BCUT2D eigenvalue weighted by atomic mass is 32.1. The lowest BCUT2D eigenvalue weighted by molar-refractivity contribution is -0.122. The van der Waals surface area contributed by atoms with Crippen LogP contribution in [0, 0.1) is 17.8 Å². The molecule has 0 unspecified atom stereocenters. The van der Waals surface area contributed by atoms with Crippen molar-refractivity contribution < 1.29 is 9.90 Å². The molecule has 2 rings (SSSR count). The second-order valence-corrected chi connectivity index (χ2v) is 6.20. The van der Waals surface area contributed by atoms with Gasteiger partial charge in [0.15, 0.2) is 0 Å². The van der Waals surface area contributed by atoms with Gasteiger partial charge in [-0.1, -0.05) is 24.7 Å². The number of thiophene rings is 1. The predicted molar refractivity (Wildman–Crippen MR) is 81.3 cm³/mol. The number of aliphatic hydroxyl groups is 1. The highest BCUT2D eigenvalue weighted by Gasteiger charge is 2.18. The van der Waals surface area contributed by atoms with E-state index in [9.17, 15) is 4.79 Å². The van der Waals surface area contributed by atoms with Crippen molar-refractivity contribution in [1.82, 2.24) is 5.32 Å². The summed E-state index contributed by atoms with van der Waals surface area (Å²) in [5, 5.41) is 13.6. The van der Waals surface area contributed by atoms with E-state index in [1.165, 1.54) is 25.7 Å². The molecule has 1 heterocycles. The van der Waals surface area contributed by atoms with Crippen LogP contribution < -0.4 is 5.32 Å². The van der Waals surface area contributed by atoms with Crippen molar-refractivity contribution in [2.24, 2.45) is 5.92 Å². The first-order valence-electron chi connectivity index (χ1n) is 7.22. The minimum absolute atomic E-state index is 0.0984. The summed E-state index contributed by atoms with van der Waals surface area (Å²) in [6.07, 6.45) is 6.14. The Balaban J connectivity index is 1.73. The Morgan fingerprint density at radius 3 is 3.00 bits per heavy atom. The van der Waals surface area contributed by atoms with Crippen LogP contribution in [0.25, 0.3) is 0 Å².